The van der Waals surface area contributed by atoms with Gasteiger partial charge in [-0.2, -0.15) is 5.10 Å². The van der Waals surface area contributed by atoms with Crippen molar-refractivity contribution in [2.75, 3.05) is 0 Å². The van der Waals surface area contributed by atoms with E-state index in [1.54, 1.807) is 0 Å². The first-order valence-corrected chi connectivity index (χ1v) is 11.5. The second-order valence-electron chi connectivity index (χ2n) is 6.51. The molecule has 4 heteroatoms. The molecule has 0 bridgehead atoms. The van der Waals surface area contributed by atoms with Crippen molar-refractivity contribution >= 4 is 34.9 Å². The highest BCUT2D eigenvalue weighted by Gasteiger charge is 2.12. The second-order valence-corrected chi connectivity index (χ2v) is 12.9. The normalized spacial score (nSPS) is 12.3. The summed E-state index contributed by atoms with van der Waals surface area (Å²) in [4.78, 5) is 0. The number of fused-ring (bicyclic) bond motifs is 1. The minimum Gasteiger partial charge on any atom is -0.265 e. The number of halogens is 1. The summed E-state index contributed by atoms with van der Waals surface area (Å²) in [6, 6.07) is 5.75. The minimum atomic E-state index is -0.887. The molecule has 0 fully saturated rings. The fraction of sp³-hybridized carbons (Fsp3) is 0.533. The smallest absolute Gasteiger partial charge is 0.0693 e. The molecule has 2 nitrogen and oxygen atoms in total. The molecule has 0 aliphatic rings. The molecule has 1 aromatic heterocycles. The van der Waals surface area contributed by atoms with Crippen LogP contribution in [-0.2, 0) is 6.54 Å². The van der Waals surface area contributed by atoms with E-state index in [-0.39, 0.29) is 0 Å². The molecule has 1 heterocycles. The summed E-state index contributed by atoms with van der Waals surface area (Å²) in [7, 11) is -0.887. The first kappa shape index (κ1) is 14.8. The lowest BCUT2D eigenvalue weighted by atomic mass is 10.2. The van der Waals surface area contributed by atoms with Gasteiger partial charge in [-0.25, -0.2) is 0 Å². The van der Waals surface area contributed by atoms with Crippen LogP contribution in [0.1, 0.15) is 18.4 Å². The highest BCUT2D eigenvalue weighted by molar-refractivity contribution is 9.10. The Bertz CT molecular complexity index is 569. The van der Waals surface area contributed by atoms with Crippen molar-refractivity contribution in [1.29, 1.82) is 0 Å². The van der Waals surface area contributed by atoms with Gasteiger partial charge in [0.25, 0.3) is 0 Å². The molecular formula is C15H23BrN2Si. The standard InChI is InChI=1S/C15H23BrN2Si/c1-12-7-8-14-13(15(12)16)11-17-18(14)9-5-6-10-19(2,3)4/h7-8,11H,5-6,9-10H2,1-4H3. The van der Waals surface area contributed by atoms with Gasteiger partial charge in [-0.3, -0.25) is 4.68 Å². The van der Waals surface area contributed by atoms with Crippen LogP contribution in [0.25, 0.3) is 10.9 Å². The molecule has 0 atom stereocenters. The number of aryl methyl sites for hydroxylation is 2. The van der Waals surface area contributed by atoms with Crippen LogP contribution >= 0.6 is 15.9 Å². The van der Waals surface area contributed by atoms with Crippen LogP contribution in [0.5, 0.6) is 0 Å². The third kappa shape index (κ3) is 3.69. The van der Waals surface area contributed by atoms with Gasteiger partial charge in [0.15, 0.2) is 0 Å². The summed E-state index contributed by atoms with van der Waals surface area (Å²) in [5.74, 6) is 0. The number of hydrogen-bond donors (Lipinski definition) is 0. The van der Waals surface area contributed by atoms with Gasteiger partial charge in [-0.1, -0.05) is 38.2 Å². The zero-order chi connectivity index (χ0) is 14.0. The SMILES string of the molecule is Cc1ccc2c(cnn2CCCC[Si](C)(C)C)c1Br. The Labute approximate surface area is 125 Å². The molecule has 0 saturated heterocycles. The molecule has 0 amide bonds. The molecule has 0 unspecified atom stereocenters. The average molecular weight is 339 g/mol. The van der Waals surface area contributed by atoms with E-state index in [1.807, 2.05) is 6.20 Å². The number of nitrogens with zero attached hydrogens (tertiary/aromatic N) is 2. The molecule has 0 aliphatic heterocycles. The van der Waals surface area contributed by atoms with Gasteiger partial charge >= 0.3 is 0 Å². The van der Waals surface area contributed by atoms with Gasteiger partial charge in [0.2, 0.25) is 0 Å². The summed E-state index contributed by atoms with van der Waals surface area (Å²) in [6.07, 6.45) is 4.53. The van der Waals surface area contributed by atoms with Crippen LogP contribution in [0.3, 0.4) is 0 Å². The molecule has 19 heavy (non-hydrogen) atoms. The highest BCUT2D eigenvalue weighted by Crippen LogP contribution is 2.27. The topological polar surface area (TPSA) is 17.8 Å². The van der Waals surface area contributed by atoms with E-state index in [9.17, 15) is 0 Å². The molecule has 0 spiro atoms. The Balaban J connectivity index is 2.04. The maximum Gasteiger partial charge on any atom is 0.0693 e. The van der Waals surface area contributed by atoms with Crippen LogP contribution in [0.4, 0.5) is 0 Å². The van der Waals surface area contributed by atoms with E-state index in [2.05, 4.69) is 64.4 Å². The monoisotopic (exact) mass is 338 g/mol. The predicted octanol–water partition coefficient (Wildman–Crippen LogP) is 5.23. The van der Waals surface area contributed by atoms with Crippen molar-refractivity contribution in [1.82, 2.24) is 9.78 Å². The molecule has 2 rings (SSSR count). The number of aromatic nitrogens is 2. The van der Waals surface area contributed by atoms with E-state index in [1.165, 1.54) is 39.8 Å². The highest BCUT2D eigenvalue weighted by atomic mass is 79.9. The van der Waals surface area contributed by atoms with Crippen LogP contribution < -0.4 is 0 Å². The average Bonchev–Trinajstić information content (AvgIpc) is 2.72. The molecule has 1 aromatic carbocycles. The maximum atomic E-state index is 4.53. The second kappa shape index (κ2) is 5.79. The Morgan fingerprint density at radius 2 is 1.95 bits per heavy atom. The van der Waals surface area contributed by atoms with Gasteiger partial charge in [-0.05, 0) is 40.9 Å². The molecule has 0 radical (unpaired) electrons. The van der Waals surface area contributed by atoms with Crippen LogP contribution in [0.2, 0.25) is 25.7 Å². The molecule has 0 saturated carbocycles. The number of rotatable bonds is 5. The van der Waals surface area contributed by atoms with E-state index in [4.69, 9.17) is 0 Å². The van der Waals surface area contributed by atoms with Crippen LogP contribution in [0, 0.1) is 6.92 Å². The Morgan fingerprint density at radius 3 is 2.63 bits per heavy atom. The fourth-order valence-electron chi connectivity index (χ4n) is 2.32. The van der Waals surface area contributed by atoms with Crippen LogP contribution in [-0.4, -0.2) is 17.9 Å². The van der Waals surface area contributed by atoms with Crippen molar-refractivity contribution < 1.29 is 0 Å². The van der Waals surface area contributed by atoms with Gasteiger partial charge in [0.1, 0.15) is 0 Å². The number of benzene rings is 1. The van der Waals surface area contributed by atoms with Gasteiger partial charge in [-0.15, -0.1) is 0 Å². The Kier molecular flexibility index (Phi) is 4.51. The van der Waals surface area contributed by atoms with Crippen LogP contribution in [0.15, 0.2) is 22.8 Å². The van der Waals surface area contributed by atoms with Crippen molar-refractivity contribution in [3.8, 4) is 0 Å². The number of hydrogen-bond acceptors (Lipinski definition) is 1. The summed E-state index contributed by atoms with van der Waals surface area (Å²) in [6.45, 7) is 10.5. The lowest BCUT2D eigenvalue weighted by molar-refractivity contribution is 0.586. The van der Waals surface area contributed by atoms with Crippen molar-refractivity contribution in [2.45, 2.75) is 52.0 Å². The van der Waals surface area contributed by atoms with Gasteiger partial charge in [0.05, 0.1) is 11.7 Å². The van der Waals surface area contributed by atoms with Crippen molar-refractivity contribution in [3.63, 3.8) is 0 Å². The fourth-order valence-corrected chi connectivity index (χ4v) is 4.07. The lowest BCUT2D eigenvalue weighted by Gasteiger charge is -2.15. The maximum absolute atomic E-state index is 4.53. The van der Waals surface area contributed by atoms with E-state index in [0.717, 1.165) is 6.54 Å². The Morgan fingerprint density at radius 1 is 1.21 bits per heavy atom. The third-order valence-corrected chi connectivity index (χ3v) is 6.41. The quantitative estimate of drug-likeness (QED) is 0.539. The number of unbranched alkanes of at least 4 members (excludes halogenated alkanes) is 1. The molecule has 2 aromatic rings. The largest absolute Gasteiger partial charge is 0.265 e. The molecule has 104 valence electrons. The van der Waals surface area contributed by atoms with E-state index in [0.29, 0.717) is 0 Å². The summed E-state index contributed by atoms with van der Waals surface area (Å²) < 4.78 is 3.32. The van der Waals surface area contributed by atoms with Gasteiger partial charge in [0, 0.05) is 24.5 Å². The molecule has 0 aliphatic carbocycles. The first-order chi connectivity index (χ1) is 8.88. The molecular weight excluding hydrogens is 316 g/mol. The van der Waals surface area contributed by atoms with E-state index >= 15 is 0 Å². The third-order valence-electron chi connectivity index (χ3n) is 3.50. The lowest BCUT2D eigenvalue weighted by Crippen LogP contribution is -2.18. The van der Waals surface area contributed by atoms with Gasteiger partial charge < -0.3 is 0 Å². The molecule has 0 N–H and O–H groups in total. The summed E-state index contributed by atoms with van der Waals surface area (Å²) in [5.41, 5.74) is 2.51. The van der Waals surface area contributed by atoms with E-state index < -0.39 is 8.07 Å². The minimum absolute atomic E-state index is 0.887. The zero-order valence-corrected chi connectivity index (χ0v) is 14.9. The first-order valence-electron chi connectivity index (χ1n) is 6.99. The summed E-state index contributed by atoms with van der Waals surface area (Å²) >= 11 is 3.65. The van der Waals surface area contributed by atoms with Crippen molar-refractivity contribution in [2.24, 2.45) is 0 Å². The zero-order valence-electron chi connectivity index (χ0n) is 12.3. The van der Waals surface area contributed by atoms with Crippen molar-refractivity contribution in [3.05, 3.63) is 28.4 Å². The summed E-state index contributed by atoms with van der Waals surface area (Å²) in [5, 5.41) is 5.76. The Hall–Kier alpha value is -0.613. The predicted molar refractivity (Wildman–Crippen MR) is 89.6 cm³/mol.